The van der Waals surface area contributed by atoms with E-state index >= 15 is 0 Å². The quantitative estimate of drug-likeness (QED) is 0.404. The number of aromatic nitrogens is 3. The van der Waals surface area contributed by atoms with Crippen LogP contribution in [0.3, 0.4) is 0 Å². The van der Waals surface area contributed by atoms with Gasteiger partial charge in [0.05, 0.1) is 12.3 Å². The van der Waals surface area contributed by atoms with Crippen molar-refractivity contribution in [3.05, 3.63) is 71.0 Å². The fraction of sp³-hybridized carbons (Fsp3) is 0.375. The molecule has 1 aromatic heterocycles. The number of para-hydroxylation sites is 1. The smallest absolute Gasteiger partial charge is 0.196 e. The standard InChI is InChI=1S/C24H28N4OS/c1-18-11-12-21(19(2)15-18)22(29)17-30-24-26-25-23(16-27-13-7-4-8-14-27)28(24)20-9-5-3-6-10-20/h3,5-6,9-12,15H,4,7-8,13-14,16-17H2,1-2H3. The summed E-state index contributed by atoms with van der Waals surface area (Å²) in [6.07, 6.45) is 3.79. The van der Waals surface area contributed by atoms with E-state index < -0.39 is 0 Å². The molecule has 0 bridgehead atoms. The highest BCUT2D eigenvalue weighted by molar-refractivity contribution is 7.99. The van der Waals surface area contributed by atoms with Crippen molar-refractivity contribution in [1.82, 2.24) is 19.7 Å². The Morgan fingerprint density at radius 3 is 2.50 bits per heavy atom. The van der Waals surface area contributed by atoms with Crippen LogP contribution in [0.5, 0.6) is 0 Å². The number of carbonyl (C=O) groups excluding carboxylic acids is 1. The predicted molar refractivity (Wildman–Crippen MR) is 121 cm³/mol. The second kappa shape index (κ2) is 9.58. The van der Waals surface area contributed by atoms with E-state index in [1.165, 1.54) is 36.6 Å². The fourth-order valence-corrected chi connectivity index (χ4v) is 4.84. The van der Waals surface area contributed by atoms with Crippen LogP contribution in [0.1, 0.15) is 46.6 Å². The zero-order valence-corrected chi connectivity index (χ0v) is 18.5. The molecule has 3 aromatic rings. The molecule has 0 atom stereocenters. The van der Waals surface area contributed by atoms with E-state index in [2.05, 4.69) is 37.9 Å². The van der Waals surface area contributed by atoms with Crippen LogP contribution < -0.4 is 0 Å². The van der Waals surface area contributed by atoms with Gasteiger partial charge >= 0.3 is 0 Å². The molecule has 0 amide bonds. The lowest BCUT2D eigenvalue weighted by Crippen LogP contribution is -2.30. The minimum absolute atomic E-state index is 0.123. The molecule has 156 valence electrons. The van der Waals surface area contributed by atoms with Crippen LogP contribution in [0.25, 0.3) is 5.69 Å². The van der Waals surface area contributed by atoms with Gasteiger partial charge in [0.15, 0.2) is 16.8 Å². The number of aryl methyl sites for hydroxylation is 2. The number of Topliss-reactive ketones (excluding diaryl/α,β-unsaturated/α-hetero) is 1. The first-order valence-electron chi connectivity index (χ1n) is 10.6. The number of thioether (sulfide) groups is 1. The Morgan fingerprint density at radius 2 is 1.77 bits per heavy atom. The van der Waals surface area contributed by atoms with E-state index in [9.17, 15) is 4.79 Å². The molecule has 1 aliphatic rings. The number of hydrogen-bond donors (Lipinski definition) is 0. The molecule has 1 aliphatic heterocycles. The van der Waals surface area contributed by atoms with E-state index in [1.54, 1.807) is 0 Å². The van der Waals surface area contributed by atoms with E-state index in [4.69, 9.17) is 0 Å². The minimum atomic E-state index is 0.123. The molecule has 0 unspecified atom stereocenters. The summed E-state index contributed by atoms with van der Waals surface area (Å²) >= 11 is 1.46. The van der Waals surface area contributed by atoms with Gasteiger partial charge in [-0.1, -0.05) is 60.1 Å². The number of likely N-dealkylation sites (tertiary alicyclic amines) is 1. The van der Waals surface area contributed by atoms with E-state index in [0.29, 0.717) is 5.75 Å². The van der Waals surface area contributed by atoms with Gasteiger partial charge in [0.2, 0.25) is 0 Å². The summed E-state index contributed by atoms with van der Waals surface area (Å²) in [5, 5.41) is 9.73. The predicted octanol–water partition coefficient (Wildman–Crippen LogP) is 4.85. The number of nitrogens with zero attached hydrogens (tertiary/aromatic N) is 4. The maximum Gasteiger partial charge on any atom is 0.196 e. The van der Waals surface area contributed by atoms with Crippen LogP contribution >= 0.6 is 11.8 Å². The van der Waals surface area contributed by atoms with Gasteiger partial charge in [-0.05, 0) is 57.5 Å². The lowest BCUT2D eigenvalue weighted by molar-refractivity contribution is 0.102. The molecule has 2 heterocycles. The Kier molecular flexibility index (Phi) is 6.65. The van der Waals surface area contributed by atoms with Gasteiger partial charge < -0.3 is 0 Å². The number of hydrogen-bond acceptors (Lipinski definition) is 5. The molecule has 30 heavy (non-hydrogen) atoms. The SMILES string of the molecule is Cc1ccc(C(=O)CSc2nnc(CN3CCCCC3)n2-c2ccccc2)c(C)c1. The summed E-state index contributed by atoms with van der Waals surface area (Å²) in [5.74, 6) is 1.40. The molecule has 4 rings (SSSR count). The van der Waals surface area contributed by atoms with Gasteiger partial charge in [0.1, 0.15) is 0 Å². The summed E-state index contributed by atoms with van der Waals surface area (Å²) in [6.45, 7) is 7.04. The molecule has 0 saturated carbocycles. The molecular weight excluding hydrogens is 392 g/mol. The summed E-state index contributed by atoms with van der Waals surface area (Å²) in [5.41, 5.74) is 4.02. The third-order valence-corrected chi connectivity index (χ3v) is 6.47. The van der Waals surface area contributed by atoms with Gasteiger partial charge in [-0.25, -0.2) is 0 Å². The molecule has 0 aliphatic carbocycles. The molecule has 1 fully saturated rings. The highest BCUT2D eigenvalue weighted by atomic mass is 32.2. The number of carbonyl (C=O) groups is 1. The molecule has 0 radical (unpaired) electrons. The second-order valence-corrected chi connectivity index (χ2v) is 8.88. The largest absolute Gasteiger partial charge is 0.296 e. The number of benzene rings is 2. The Hall–Kier alpha value is -2.44. The van der Waals surface area contributed by atoms with Gasteiger partial charge in [-0.2, -0.15) is 0 Å². The van der Waals surface area contributed by atoms with Gasteiger partial charge in [0.25, 0.3) is 0 Å². The van der Waals surface area contributed by atoms with Crippen molar-refractivity contribution in [3.8, 4) is 5.69 Å². The van der Waals surface area contributed by atoms with Crippen molar-refractivity contribution in [1.29, 1.82) is 0 Å². The van der Waals surface area contributed by atoms with E-state index in [0.717, 1.165) is 47.4 Å². The number of ketones is 1. The summed E-state index contributed by atoms with van der Waals surface area (Å²) in [7, 11) is 0. The summed E-state index contributed by atoms with van der Waals surface area (Å²) in [4.78, 5) is 15.3. The molecule has 0 spiro atoms. The molecule has 6 heteroatoms. The van der Waals surface area contributed by atoms with Crippen molar-refractivity contribution < 1.29 is 4.79 Å². The van der Waals surface area contributed by atoms with Gasteiger partial charge in [-0.3, -0.25) is 14.3 Å². The van der Waals surface area contributed by atoms with Crippen molar-refractivity contribution >= 4 is 17.5 Å². The molecule has 2 aromatic carbocycles. The zero-order valence-electron chi connectivity index (χ0n) is 17.7. The Balaban J connectivity index is 1.55. The average Bonchev–Trinajstić information content (AvgIpc) is 3.15. The average molecular weight is 421 g/mol. The fourth-order valence-electron chi connectivity index (χ4n) is 3.98. The molecular formula is C24H28N4OS. The topological polar surface area (TPSA) is 51.0 Å². The number of rotatable bonds is 7. The second-order valence-electron chi connectivity index (χ2n) is 7.94. The molecule has 5 nitrogen and oxygen atoms in total. The van der Waals surface area contributed by atoms with Crippen LogP contribution in [-0.2, 0) is 6.54 Å². The summed E-state index contributed by atoms with van der Waals surface area (Å²) in [6, 6.07) is 16.2. The lowest BCUT2D eigenvalue weighted by Gasteiger charge is -2.26. The minimum Gasteiger partial charge on any atom is -0.296 e. The van der Waals surface area contributed by atoms with Gasteiger partial charge in [-0.15, -0.1) is 10.2 Å². The van der Waals surface area contributed by atoms with Crippen molar-refractivity contribution in [2.45, 2.75) is 44.8 Å². The highest BCUT2D eigenvalue weighted by Crippen LogP contribution is 2.25. The molecule has 1 saturated heterocycles. The number of piperidine rings is 1. The summed E-state index contributed by atoms with van der Waals surface area (Å²) < 4.78 is 2.11. The van der Waals surface area contributed by atoms with Gasteiger partial charge in [0, 0.05) is 11.3 Å². The van der Waals surface area contributed by atoms with E-state index in [1.807, 2.05) is 44.2 Å². The van der Waals surface area contributed by atoms with Crippen LogP contribution in [0, 0.1) is 13.8 Å². The normalized spacial score (nSPS) is 14.7. The van der Waals surface area contributed by atoms with Crippen LogP contribution in [0.4, 0.5) is 0 Å². The van der Waals surface area contributed by atoms with E-state index in [-0.39, 0.29) is 5.78 Å². The zero-order chi connectivity index (χ0) is 20.9. The third kappa shape index (κ3) is 4.82. The van der Waals surface area contributed by atoms with Crippen LogP contribution in [-0.4, -0.2) is 44.3 Å². The Bertz CT molecular complexity index is 1010. The third-order valence-electron chi connectivity index (χ3n) is 5.54. The first kappa shape index (κ1) is 20.8. The van der Waals surface area contributed by atoms with Crippen molar-refractivity contribution in [2.75, 3.05) is 18.8 Å². The molecule has 0 N–H and O–H groups in total. The maximum absolute atomic E-state index is 12.8. The first-order valence-corrected chi connectivity index (χ1v) is 11.6. The van der Waals surface area contributed by atoms with Crippen LogP contribution in [0.2, 0.25) is 0 Å². The monoisotopic (exact) mass is 420 g/mol. The Labute approximate surface area is 182 Å². The first-order chi connectivity index (χ1) is 14.6. The Morgan fingerprint density at radius 1 is 1.00 bits per heavy atom. The van der Waals surface area contributed by atoms with Crippen LogP contribution in [0.15, 0.2) is 53.7 Å². The van der Waals surface area contributed by atoms with Crippen molar-refractivity contribution in [3.63, 3.8) is 0 Å². The highest BCUT2D eigenvalue weighted by Gasteiger charge is 2.20. The van der Waals surface area contributed by atoms with Crippen molar-refractivity contribution in [2.24, 2.45) is 0 Å². The maximum atomic E-state index is 12.8. The lowest BCUT2D eigenvalue weighted by atomic mass is 10.0.